The highest BCUT2D eigenvalue weighted by Gasteiger charge is 2.24. The summed E-state index contributed by atoms with van der Waals surface area (Å²) >= 11 is 1.15. The normalized spacial score (nSPS) is 14.8. The van der Waals surface area contributed by atoms with E-state index in [-0.39, 0.29) is 11.5 Å². The van der Waals surface area contributed by atoms with Crippen LogP contribution in [0.2, 0.25) is 0 Å². The molecule has 9 heteroatoms. The molecule has 0 atom stereocenters. The largest absolute Gasteiger partial charge is 0.339 e. The maximum Gasteiger partial charge on any atom is 0.253 e. The first kappa shape index (κ1) is 19.5. The lowest BCUT2D eigenvalue weighted by atomic mass is 9.96. The molecule has 1 aromatic carbocycles. The van der Waals surface area contributed by atoms with E-state index >= 15 is 0 Å². The summed E-state index contributed by atoms with van der Waals surface area (Å²) < 4.78 is 10.1. The molecule has 156 valence electrons. The Bertz CT molecular complexity index is 1280. The minimum atomic E-state index is -0.0644. The third-order valence-electron chi connectivity index (χ3n) is 5.71. The van der Waals surface area contributed by atoms with E-state index in [1.54, 1.807) is 29.4 Å². The van der Waals surface area contributed by atoms with Gasteiger partial charge in [0.2, 0.25) is 0 Å². The molecule has 1 aliphatic heterocycles. The molecular formula is C22H20N6O2S. The molecule has 0 unspecified atom stereocenters. The number of benzene rings is 1. The van der Waals surface area contributed by atoms with Gasteiger partial charge in [-0.05, 0) is 49.1 Å². The highest BCUT2D eigenvalue weighted by Crippen LogP contribution is 2.22. The fraction of sp³-hybridized carbons (Fsp3) is 0.273. The summed E-state index contributed by atoms with van der Waals surface area (Å²) in [6.45, 7) is 1.96. The van der Waals surface area contributed by atoms with Gasteiger partial charge in [-0.15, -0.1) is 0 Å². The van der Waals surface area contributed by atoms with Gasteiger partial charge in [-0.3, -0.25) is 19.1 Å². The van der Waals surface area contributed by atoms with Crippen molar-refractivity contribution in [2.45, 2.75) is 19.4 Å². The van der Waals surface area contributed by atoms with Gasteiger partial charge in [0, 0.05) is 49.2 Å². The number of piperidine rings is 1. The van der Waals surface area contributed by atoms with Gasteiger partial charge < -0.3 is 4.90 Å². The van der Waals surface area contributed by atoms with Gasteiger partial charge in [-0.1, -0.05) is 0 Å². The Morgan fingerprint density at radius 2 is 1.81 bits per heavy atom. The second kappa shape index (κ2) is 8.35. The zero-order chi connectivity index (χ0) is 21.2. The van der Waals surface area contributed by atoms with E-state index in [1.165, 1.54) is 0 Å². The van der Waals surface area contributed by atoms with E-state index < -0.39 is 0 Å². The van der Waals surface area contributed by atoms with Gasteiger partial charge >= 0.3 is 0 Å². The second-order valence-electron chi connectivity index (χ2n) is 7.70. The van der Waals surface area contributed by atoms with E-state index in [0.29, 0.717) is 36.8 Å². The number of nitrogens with zero attached hydrogens (tertiary/aromatic N) is 6. The molecule has 1 amide bonds. The van der Waals surface area contributed by atoms with Crippen molar-refractivity contribution >= 4 is 28.7 Å². The van der Waals surface area contributed by atoms with Crippen LogP contribution in [0.5, 0.6) is 0 Å². The number of carbonyl (C=O) groups is 1. The number of rotatable bonds is 4. The molecule has 0 N–H and O–H groups in total. The molecule has 1 fully saturated rings. The van der Waals surface area contributed by atoms with Crippen molar-refractivity contribution in [2.75, 3.05) is 13.1 Å². The Kier molecular flexibility index (Phi) is 5.25. The Morgan fingerprint density at radius 1 is 1.03 bits per heavy atom. The number of carbonyl (C=O) groups excluding carboxylic acids is 1. The number of fused-ring (bicyclic) bond motifs is 1. The fourth-order valence-electron chi connectivity index (χ4n) is 3.94. The summed E-state index contributed by atoms with van der Waals surface area (Å²) in [5.74, 6) is 0.356. The van der Waals surface area contributed by atoms with Gasteiger partial charge in [0.25, 0.3) is 11.5 Å². The van der Waals surface area contributed by atoms with E-state index in [4.69, 9.17) is 0 Å². The molecule has 5 rings (SSSR count). The number of likely N-dealkylation sites (tertiary alicyclic amines) is 1. The number of amides is 1. The zero-order valence-corrected chi connectivity index (χ0v) is 17.5. The molecule has 8 nitrogen and oxygen atoms in total. The van der Waals surface area contributed by atoms with Crippen LogP contribution in [0.4, 0.5) is 0 Å². The quantitative estimate of drug-likeness (QED) is 0.492. The molecule has 4 heterocycles. The first-order valence-electron chi connectivity index (χ1n) is 10.2. The van der Waals surface area contributed by atoms with E-state index in [9.17, 15) is 9.59 Å². The Hall–Kier alpha value is -3.46. The average Bonchev–Trinajstić information content (AvgIpc) is 3.29. The molecule has 1 saturated heterocycles. The highest BCUT2D eigenvalue weighted by molar-refractivity contribution is 7.00. The van der Waals surface area contributed by atoms with Crippen molar-refractivity contribution in [3.05, 3.63) is 71.0 Å². The topological polar surface area (TPSA) is 93.9 Å². The predicted octanol–water partition coefficient (Wildman–Crippen LogP) is 2.86. The molecule has 31 heavy (non-hydrogen) atoms. The second-order valence-corrected chi connectivity index (χ2v) is 8.23. The predicted molar refractivity (Wildman–Crippen MR) is 118 cm³/mol. The summed E-state index contributed by atoms with van der Waals surface area (Å²) in [5.41, 5.74) is 3.67. The third-order valence-corrected chi connectivity index (χ3v) is 6.27. The lowest BCUT2D eigenvalue weighted by Gasteiger charge is -2.32. The van der Waals surface area contributed by atoms with E-state index in [2.05, 4.69) is 18.7 Å². The zero-order valence-electron chi connectivity index (χ0n) is 16.7. The molecule has 0 aliphatic carbocycles. The molecule has 4 aromatic rings. The van der Waals surface area contributed by atoms with Gasteiger partial charge in [0.15, 0.2) is 0 Å². The standard InChI is InChI=1S/C22H20N6O2S/c29-21-12-19(16-3-7-23-8-4-16)24-14-28(21)13-15-5-9-27(10-6-15)22(30)17-1-2-18-20(11-17)26-31-25-18/h1-4,7-8,11-12,14-15H,5-6,9-10,13H2. The number of hydrogen-bond donors (Lipinski definition) is 0. The van der Waals surface area contributed by atoms with Crippen LogP contribution in [0.25, 0.3) is 22.3 Å². The van der Waals surface area contributed by atoms with Crippen LogP contribution in [0.15, 0.2) is 59.9 Å². The molecular weight excluding hydrogens is 412 g/mol. The molecule has 0 radical (unpaired) electrons. The smallest absolute Gasteiger partial charge is 0.253 e. The van der Waals surface area contributed by atoms with Crippen LogP contribution in [-0.4, -0.2) is 47.2 Å². The molecule has 0 saturated carbocycles. The van der Waals surface area contributed by atoms with Crippen LogP contribution in [0.1, 0.15) is 23.2 Å². The fourth-order valence-corrected chi connectivity index (χ4v) is 4.46. The average molecular weight is 433 g/mol. The Morgan fingerprint density at radius 3 is 2.58 bits per heavy atom. The minimum absolute atomic E-state index is 0.0221. The van der Waals surface area contributed by atoms with Crippen LogP contribution in [0, 0.1) is 5.92 Å². The maximum atomic E-state index is 12.9. The molecule has 3 aromatic heterocycles. The summed E-state index contributed by atoms with van der Waals surface area (Å²) in [4.78, 5) is 35.7. The Balaban J connectivity index is 1.22. The van der Waals surface area contributed by atoms with Crippen molar-refractivity contribution in [1.82, 2.24) is 28.2 Å². The molecule has 1 aliphatic rings. The van der Waals surface area contributed by atoms with E-state index in [0.717, 1.165) is 41.2 Å². The van der Waals surface area contributed by atoms with Crippen molar-refractivity contribution in [3.63, 3.8) is 0 Å². The number of hydrogen-bond acceptors (Lipinski definition) is 7. The van der Waals surface area contributed by atoms with Crippen molar-refractivity contribution in [2.24, 2.45) is 5.92 Å². The summed E-state index contributed by atoms with van der Waals surface area (Å²) in [7, 11) is 0. The molecule has 0 spiro atoms. The summed E-state index contributed by atoms with van der Waals surface area (Å²) in [5, 5.41) is 0. The van der Waals surface area contributed by atoms with Crippen molar-refractivity contribution in [1.29, 1.82) is 0 Å². The first-order valence-corrected chi connectivity index (χ1v) is 10.9. The van der Waals surface area contributed by atoms with Gasteiger partial charge in [-0.25, -0.2) is 4.98 Å². The first-order chi connectivity index (χ1) is 15.2. The SMILES string of the molecule is O=C(c1ccc2nsnc2c1)N1CCC(Cn2cnc(-c3ccncc3)cc2=O)CC1. The van der Waals surface area contributed by atoms with Crippen LogP contribution < -0.4 is 5.56 Å². The number of pyridine rings is 1. The van der Waals surface area contributed by atoms with Crippen molar-refractivity contribution < 1.29 is 4.79 Å². The monoisotopic (exact) mass is 432 g/mol. The van der Waals surface area contributed by atoms with Gasteiger partial charge in [0.1, 0.15) is 11.0 Å². The van der Waals surface area contributed by atoms with Crippen LogP contribution in [-0.2, 0) is 6.54 Å². The maximum absolute atomic E-state index is 12.9. The minimum Gasteiger partial charge on any atom is -0.339 e. The van der Waals surface area contributed by atoms with Crippen LogP contribution >= 0.6 is 11.7 Å². The number of aromatic nitrogens is 5. The third kappa shape index (κ3) is 4.09. The lowest BCUT2D eigenvalue weighted by molar-refractivity contribution is 0.0682. The summed E-state index contributed by atoms with van der Waals surface area (Å²) in [6, 6.07) is 10.7. The van der Waals surface area contributed by atoms with Gasteiger partial charge in [0.05, 0.1) is 23.7 Å². The summed E-state index contributed by atoms with van der Waals surface area (Å²) in [6.07, 6.45) is 6.69. The lowest BCUT2D eigenvalue weighted by Crippen LogP contribution is -2.40. The Labute approximate surface area is 182 Å². The van der Waals surface area contributed by atoms with E-state index in [1.807, 2.05) is 35.2 Å². The van der Waals surface area contributed by atoms with Crippen molar-refractivity contribution in [3.8, 4) is 11.3 Å². The highest BCUT2D eigenvalue weighted by atomic mass is 32.1. The molecule has 0 bridgehead atoms. The van der Waals surface area contributed by atoms with Gasteiger partial charge in [-0.2, -0.15) is 8.75 Å². The van der Waals surface area contributed by atoms with Crippen LogP contribution in [0.3, 0.4) is 0 Å².